The third kappa shape index (κ3) is 3.88. The number of aromatic nitrogens is 5. The zero-order valence-electron chi connectivity index (χ0n) is 15.5. The van der Waals surface area contributed by atoms with Gasteiger partial charge >= 0.3 is 0 Å². The van der Waals surface area contributed by atoms with Crippen molar-refractivity contribution in [2.24, 2.45) is 0 Å². The lowest BCUT2D eigenvalue weighted by Gasteiger charge is -2.08. The van der Waals surface area contributed by atoms with E-state index < -0.39 is 17.3 Å². The van der Waals surface area contributed by atoms with E-state index in [9.17, 15) is 14.0 Å². The Labute approximate surface area is 164 Å². The summed E-state index contributed by atoms with van der Waals surface area (Å²) in [5.74, 6) is -0.945. The molecule has 2 heterocycles. The Morgan fingerprint density at radius 1 is 1.17 bits per heavy atom. The quantitative estimate of drug-likeness (QED) is 0.561. The lowest BCUT2D eigenvalue weighted by Crippen LogP contribution is -2.28. The predicted molar refractivity (Wildman–Crippen MR) is 105 cm³/mol. The van der Waals surface area contributed by atoms with Crippen molar-refractivity contribution < 1.29 is 9.18 Å². The molecule has 1 amide bonds. The van der Waals surface area contributed by atoms with Gasteiger partial charge in [0.2, 0.25) is 5.91 Å². The van der Waals surface area contributed by atoms with Crippen LogP contribution in [0.5, 0.6) is 0 Å². The average Bonchev–Trinajstić information content (AvgIpc) is 3.09. The SMILES string of the molecule is Cc1ccccc1Cn1nnc2c(=O)n(CC(=O)Nc3cccc(F)c3)cnc21. The summed E-state index contributed by atoms with van der Waals surface area (Å²) in [6.45, 7) is 2.15. The number of anilines is 1. The van der Waals surface area contributed by atoms with Crippen LogP contribution in [-0.4, -0.2) is 30.5 Å². The third-order valence-electron chi connectivity index (χ3n) is 4.50. The van der Waals surface area contributed by atoms with E-state index in [-0.39, 0.29) is 12.1 Å². The number of aryl methyl sites for hydroxylation is 1. The molecule has 29 heavy (non-hydrogen) atoms. The summed E-state index contributed by atoms with van der Waals surface area (Å²) in [7, 11) is 0. The van der Waals surface area contributed by atoms with Gasteiger partial charge in [-0.3, -0.25) is 14.2 Å². The number of hydrogen-bond donors (Lipinski definition) is 1. The van der Waals surface area contributed by atoms with E-state index in [4.69, 9.17) is 0 Å². The highest BCUT2D eigenvalue weighted by atomic mass is 19.1. The van der Waals surface area contributed by atoms with Crippen LogP contribution >= 0.6 is 0 Å². The minimum atomic E-state index is -0.480. The minimum absolute atomic E-state index is 0.0830. The van der Waals surface area contributed by atoms with Gasteiger partial charge in [0.05, 0.1) is 6.54 Å². The summed E-state index contributed by atoms with van der Waals surface area (Å²) >= 11 is 0. The first kappa shape index (κ1) is 18.5. The molecule has 9 heteroatoms. The fraction of sp³-hybridized carbons (Fsp3) is 0.150. The second kappa shape index (κ2) is 7.63. The van der Waals surface area contributed by atoms with Crippen LogP contribution in [0.25, 0.3) is 11.2 Å². The molecular weight excluding hydrogens is 375 g/mol. The van der Waals surface area contributed by atoms with Crippen molar-refractivity contribution in [1.29, 1.82) is 0 Å². The standard InChI is InChI=1S/C20H17FN6O2/c1-13-5-2-3-6-14(13)10-27-19-18(24-25-27)20(29)26(12-22-19)11-17(28)23-16-8-4-7-15(21)9-16/h2-9,12H,10-11H2,1H3,(H,23,28). The van der Waals surface area contributed by atoms with Crippen LogP contribution in [0.4, 0.5) is 10.1 Å². The van der Waals surface area contributed by atoms with Gasteiger partial charge in [-0.25, -0.2) is 14.1 Å². The van der Waals surface area contributed by atoms with Crippen molar-refractivity contribution in [3.63, 3.8) is 0 Å². The molecule has 0 saturated carbocycles. The molecule has 0 aliphatic heterocycles. The molecule has 0 aliphatic rings. The molecule has 2 aromatic heterocycles. The van der Waals surface area contributed by atoms with E-state index in [1.54, 1.807) is 10.7 Å². The first-order valence-electron chi connectivity index (χ1n) is 8.90. The second-order valence-electron chi connectivity index (χ2n) is 6.58. The van der Waals surface area contributed by atoms with E-state index in [0.717, 1.165) is 15.7 Å². The highest BCUT2D eigenvalue weighted by Gasteiger charge is 2.14. The van der Waals surface area contributed by atoms with Gasteiger partial charge in [-0.1, -0.05) is 35.5 Å². The normalized spacial score (nSPS) is 11.0. The molecule has 2 aromatic carbocycles. The molecular formula is C20H17FN6O2. The fourth-order valence-electron chi connectivity index (χ4n) is 2.98. The molecule has 0 atom stereocenters. The van der Waals surface area contributed by atoms with Gasteiger partial charge < -0.3 is 5.32 Å². The molecule has 0 fully saturated rings. The van der Waals surface area contributed by atoms with Gasteiger partial charge in [-0.05, 0) is 36.2 Å². The maximum atomic E-state index is 13.2. The molecule has 0 unspecified atom stereocenters. The maximum Gasteiger partial charge on any atom is 0.283 e. The highest BCUT2D eigenvalue weighted by molar-refractivity contribution is 5.90. The van der Waals surface area contributed by atoms with E-state index >= 15 is 0 Å². The van der Waals surface area contributed by atoms with E-state index in [1.807, 2.05) is 31.2 Å². The van der Waals surface area contributed by atoms with Crippen molar-refractivity contribution in [3.05, 3.63) is 82.2 Å². The number of nitrogens with one attached hydrogen (secondary N) is 1. The molecule has 8 nitrogen and oxygen atoms in total. The summed E-state index contributed by atoms with van der Waals surface area (Å²) < 4.78 is 15.9. The van der Waals surface area contributed by atoms with Crippen LogP contribution in [0.3, 0.4) is 0 Å². The number of nitrogens with zero attached hydrogens (tertiary/aromatic N) is 5. The van der Waals surface area contributed by atoms with Gasteiger partial charge in [-0.15, -0.1) is 5.10 Å². The third-order valence-corrected chi connectivity index (χ3v) is 4.50. The van der Waals surface area contributed by atoms with Gasteiger partial charge in [-0.2, -0.15) is 0 Å². The summed E-state index contributed by atoms with van der Waals surface area (Å²) in [5, 5.41) is 10.5. The number of carbonyl (C=O) groups excluding carboxylic acids is 1. The molecule has 0 bridgehead atoms. The van der Waals surface area contributed by atoms with Crippen LogP contribution in [0.15, 0.2) is 59.7 Å². The Morgan fingerprint density at radius 2 is 2.00 bits per heavy atom. The highest BCUT2D eigenvalue weighted by Crippen LogP contribution is 2.12. The number of carbonyl (C=O) groups is 1. The zero-order valence-corrected chi connectivity index (χ0v) is 15.5. The first-order valence-corrected chi connectivity index (χ1v) is 8.90. The second-order valence-corrected chi connectivity index (χ2v) is 6.58. The van der Waals surface area contributed by atoms with Crippen LogP contribution in [0, 0.1) is 12.7 Å². The van der Waals surface area contributed by atoms with E-state index in [1.165, 1.54) is 24.5 Å². The number of halogens is 1. The predicted octanol–water partition coefficient (Wildman–Crippen LogP) is 2.12. The Kier molecular flexibility index (Phi) is 4.86. The fourth-order valence-corrected chi connectivity index (χ4v) is 2.98. The lowest BCUT2D eigenvalue weighted by molar-refractivity contribution is -0.116. The summed E-state index contributed by atoms with van der Waals surface area (Å²) in [4.78, 5) is 29.1. The Hall–Kier alpha value is -3.88. The van der Waals surface area contributed by atoms with E-state index in [2.05, 4.69) is 20.6 Å². The Balaban J connectivity index is 1.56. The number of benzene rings is 2. The van der Waals surface area contributed by atoms with Crippen LogP contribution in [-0.2, 0) is 17.9 Å². The number of hydrogen-bond acceptors (Lipinski definition) is 5. The van der Waals surface area contributed by atoms with Gasteiger partial charge in [0.15, 0.2) is 11.2 Å². The van der Waals surface area contributed by atoms with Crippen LogP contribution in [0.2, 0.25) is 0 Å². The molecule has 1 N–H and O–H groups in total. The summed E-state index contributed by atoms with van der Waals surface area (Å²) in [6, 6.07) is 13.4. The Morgan fingerprint density at radius 3 is 2.79 bits per heavy atom. The molecule has 0 radical (unpaired) electrons. The summed E-state index contributed by atoms with van der Waals surface area (Å²) in [5.41, 5.74) is 2.40. The van der Waals surface area contributed by atoms with Gasteiger partial charge in [0, 0.05) is 5.69 Å². The van der Waals surface area contributed by atoms with E-state index in [0.29, 0.717) is 17.9 Å². The molecule has 4 rings (SSSR count). The number of fused-ring (bicyclic) bond motifs is 1. The van der Waals surface area contributed by atoms with Crippen molar-refractivity contribution >= 4 is 22.8 Å². The zero-order chi connectivity index (χ0) is 20.4. The van der Waals surface area contributed by atoms with Crippen molar-refractivity contribution in [2.45, 2.75) is 20.0 Å². The Bertz CT molecular complexity index is 1260. The average molecular weight is 392 g/mol. The van der Waals surface area contributed by atoms with Gasteiger partial charge in [0.1, 0.15) is 18.7 Å². The van der Waals surface area contributed by atoms with Gasteiger partial charge in [0.25, 0.3) is 5.56 Å². The molecule has 0 aliphatic carbocycles. The van der Waals surface area contributed by atoms with Crippen molar-refractivity contribution in [2.75, 3.05) is 5.32 Å². The molecule has 0 spiro atoms. The number of rotatable bonds is 5. The molecule has 4 aromatic rings. The molecule has 146 valence electrons. The minimum Gasteiger partial charge on any atom is -0.324 e. The van der Waals surface area contributed by atoms with Crippen LogP contribution in [0.1, 0.15) is 11.1 Å². The lowest BCUT2D eigenvalue weighted by atomic mass is 10.1. The number of amides is 1. The molecule has 0 saturated heterocycles. The topological polar surface area (TPSA) is 94.7 Å². The first-order chi connectivity index (χ1) is 14.0. The van der Waals surface area contributed by atoms with Crippen LogP contribution < -0.4 is 10.9 Å². The van der Waals surface area contributed by atoms with Crippen molar-refractivity contribution in [1.82, 2.24) is 24.5 Å². The maximum absolute atomic E-state index is 13.2. The monoisotopic (exact) mass is 392 g/mol. The van der Waals surface area contributed by atoms with Crippen molar-refractivity contribution in [3.8, 4) is 0 Å². The largest absolute Gasteiger partial charge is 0.324 e. The smallest absolute Gasteiger partial charge is 0.283 e. The summed E-state index contributed by atoms with van der Waals surface area (Å²) in [6.07, 6.45) is 1.29.